The predicted molar refractivity (Wildman–Crippen MR) is 195 cm³/mol. The molecular weight excluding hydrogens is 610 g/mol. The second-order valence-corrected chi connectivity index (χ2v) is 18.6. The fourth-order valence-electron chi connectivity index (χ4n) is 13.6. The Balaban J connectivity index is 1.34. The van der Waals surface area contributed by atoms with Gasteiger partial charge in [0.25, 0.3) is 0 Å². The van der Waals surface area contributed by atoms with E-state index in [0.29, 0.717) is 41.8 Å². The molecule has 6 rings (SSSR count). The first-order valence-electron chi connectivity index (χ1n) is 19.0. The molecule has 0 spiro atoms. The van der Waals surface area contributed by atoms with E-state index in [0.717, 1.165) is 69.0 Å². The second kappa shape index (κ2) is 12.2. The summed E-state index contributed by atoms with van der Waals surface area (Å²) in [5, 5.41) is 19.5. The molecule has 49 heavy (non-hydrogen) atoms. The molecule has 6 nitrogen and oxygen atoms in total. The van der Waals surface area contributed by atoms with Crippen LogP contribution < -0.4 is 0 Å². The van der Waals surface area contributed by atoms with Gasteiger partial charge in [-0.05, 0) is 166 Å². The van der Waals surface area contributed by atoms with E-state index in [9.17, 15) is 24.6 Å². The molecule has 0 bridgehead atoms. The van der Waals surface area contributed by atoms with Crippen LogP contribution in [-0.2, 0) is 4.79 Å². The Kier molecular flexibility index (Phi) is 8.98. The van der Waals surface area contributed by atoms with E-state index in [1.165, 1.54) is 24.5 Å². The Hall–Kier alpha value is -2.73. The second-order valence-electron chi connectivity index (χ2n) is 18.6. The number of allylic oxidation sites excluding steroid dienone is 3. The number of carbonyl (C=O) groups is 3. The minimum Gasteiger partial charge on any atom is -0.478 e. The van der Waals surface area contributed by atoms with Crippen LogP contribution in [0.15, 0.2) is 36.4 Å². The van der Waals surface area contributed by atoms with Crippen LogP contribution in [0.2, 0.25) is 0 Å². The maximum Gasteiger partial charge on any atom is 0.336 e. The number of carboxylic acid groups (broad SMARTS) is 2. The molecule has 0 heterocycles. The van der Waals surface area contributed by atoms with E-state index in [2.05, 4.69) is 73.2 Å². The van der Waals surface area contributed by atoms with Crippen molar-refractivity contribution in [2.45, 2.75) is 112 Å². The summed E-state index contributed by atoms with van der Waals surface area (Å²) in [6.07, 6.45) is 13.8. The highest BCUT2D eigenvalue weighted by Crippen LogP contribution is 2.78. The molecule has 0 aliphatic heterocycles. The average Bonchev–Trinajstić information content (AvgIpc) is 3.42. The van der Waals surface area contributed by atoms with Crippen LogP contribution in [0.25, 0.3) is 5.57 Å². The van der Waals surface area contributed by atoms with Gasteiger partial charge in [0.05, 0.1) is 11.1 Å². The first-order valence-corrected chi connectivity index (χ1v) is 19.0. The third kappa shape index (κ3) is 5.23. The zero-order chi connectivity index (χ0) is 35.9. The molecule has 1 aromatic rings. The Bertz CT molecular complexity index is 1590. The molecule has 5 aliphatic carbocycles. The summed E-state index contributed by atoms with van der Waals surface area (Å²) in [4.78, 5) is 40.4. The number of benzene rings is 1. The third-order valence-electron chi connectivity index (χ3n) is 16.0. The van der Waals surface area contributed by atoms with Crippen molar-refractivity contribution in [3.63, 3.8) is 0 Å². The predicted octanol–water partition coefficient (Wildman–Crippen LogP) is 9.64. The van der Waals surface area contributed by atoms with E-state index in [4.69, 9.17) is 0 Å². The van der Waals surface area contributed by atoms with Crippen LogP contribution in [0.1, 0.15) is 138 Å². The fraction of sp³-hybridized carbons (Fsp3) is 0.698. The minimum absolute atomic E-state index is 0.0879. The minimum atomic E-state index is -1.22. The summed E-state index contributed by atoms with van der Waals surface area (Å²) in [7, 11) is 4.19. The van der Waals surface area contributed by atoms with Crippen molar-refractivity contribution in [3.05, 3.63) is 53.1 Å². The zero-order valence-corrected chi connectivity index (χ0v) is 31.5. The van der Waals surface area contributed by atoms with Crippen LogP contribution in [0.3, 0.4) is 0 Å². The molecule has 9 atom stereocenters. The zero-order valence-electron chi connectivity index (χ0n) is 31.5. The molecule has 2 N–H and O–H groups in total. The van der Waals surface area contributed by atoms with Crippen LogP contribution in [0.5, 0.6) is 0 Å². The van der Waals surface area contributed by atoms with Gasteiger partial charge in [0.15, 0.2) is 0 Å². The summed E-state index contributed by atoms with van der Waals surface area (Å²) < 4.78 is 0. The Labute approximate surface area is 294 Å². The monoisotopic (exact) mass is 671 g/mol. The van der Waals surface area contributed by atoms with Gasteiger partial charge in [-0.3, -0.25) is 4.79 Å². The molecule has 5 aliphatic rings. The molecule has 268 valence electrons. The van der Waals surface area contributed by atoms with E-state index in [-0.39, 0.29) is 38.2 Å². The summed E-state index contributed by atoms with van der Waals surface area (Å²) in [5.41, 5.74) is 2.91. The Morgan fingerprint density at radius 2 is 1.55 bits per heavy atom. The van der Waals surface area contributed by atoms with E-state index in [1.54, 1.807) is 12.1 Å². The van der Waals surface area contributed by atoms with Crippen molar-refractivity contribution >= 4 is 23.3 Å². The Morgan fingerprint density at radius 3 is 2.18 bits per heavy atom. The number of hydrogen-bond acceptors (Lipinski definition) is 4. The molecule has 0 amide bonds. The highest BCUT2D eigenvalue weighted by Gasteiger charge is 2.71. The molecule has 0 saturated heterocycles. The van der Waals surface area contributed by atoms with Crippen LogP contribution in [0.4, 0.5) is 0 Å². The van der Waals surface area contributed by atoms with E-state index in [1.807, 2.05) is 0 Å². The average molecular weight is 672 g/mol. The number of carbonyl (C=O) groups excluding carboxylic acids is 1. The van der Waals surface area contributed by atoms with Gasteiger partial charge in [-0.15, -0.1) is 0 Å². The van der Waals surface area contributed by atoms with Crippen molar-refractivity contribution in [3.8, 4) is 0 Å². The smallest absolute Gasteiger partial charge is 0.336 e. The van der Waals surface area contributed by atoms with Crippen LogP contribution in [-0.4, -0.2) is 53.5 Å². The van der Waals surface area contributed by atoms with E-state index < -0.39 is 11.9 Å². The lowest BCUT2D eigenvalue weighted by Gasteiger charge is -2.72. The molecule has 0 radical (unpaired) electrons. The van der Waals surface area contributed by atoms with Gasteiger partial charge in [0, 0.05) is 11.8 Å². The lowest BCUT2D eigenvalue weighted by molar-refractivity contribution is -0.224. The van der Waals surface area contributed by atoms with Gasteiger partial charge >= 0.3 is 11.9 Å². The number of fused-ring (bicyclic) bond motifs is 7. The quantitative estimate of drug-likeness (QED) is 0.254. The topological polar surface area (TPSA) is 94.9 Å². The normalized spacial score (nSPS) is 39.2. The van der Waals surface area contributed by atoms with Gasteiger partial charge < -0.3 is 15.1 Å². The molecular formula is C43H61NO5. The van der Waals surface area contributed by atoms with Crippen molar-refractivity contribution in [2.24, 2.45) is 56.7 Å². The highest BCUT2D eigenvalue weighted by atomic mass is 16.4. The van der Waals surface area contributed by atoms with Crippen LogP contribution in [0, 0.1) is 56.7 Å². The molecule has 4 fully saturated rings. The summed E-state index contributed by atoms with van der Waals surface area (Å²) in [6, 6.07) is 4.85. The first-order chi connectivity index (χ1) is 22.8. The summed E-state index contributed by atoms with van der Waals surface area (Å²) >= 11 is 0. The lowest BCUT2D eigenvalue weighted by atomic mass is 9.32. The van der Waals surface area contributed by atoms with Gasteiger partial charge in [-0.2, -0.15) is 0 Å². The fourth-order valence-corrected chi connectivity index (χ4v) is 13.6. The number of rotatable bonds is 9. The van der Waals surface area contributed by atoms with Gasteiger partial charge in [-0.1, -0.05) is 58.9 Å². The number of Topliss-reactive ketones (excluding diaryl/α,β-unsaturated/α-hetero) is 1. The van der Waals surface area contributed by atoms with E-state index >= 15 is 0 Å². The highest BCUT2D eigenvalue weighted by molar-refractivity contribution is 6.02. The molecule has 0 aromatic heterocycles. The number of carboxylic acids is 2. The molecule has 6 heteroatoms. The van der Waals surface area contributed by atoms with Gasteiger partial charge in [0.2, 0.25) is 0 Å². The van der Waals surface area contributed by atoms with Crippen molar-refractivity contribution in [1.82, 2.24) is 4.90 Å². The maximum absolute atomic E-state index is 14.3. The van der Waals surface area contributed by atoms with Gasteiger partial charge in [0.1, 0.15) is 5.78 Å². The third-order valence-corrected chi connectivity index (χ3v) is 16.0. The SMILES string of the molecule is C=C(C)[C@@H]1CC[C@]2(C(=O)CCCN(C)C)CC[C@]3(C)[C@H](CC[C@@H]4[C@@]5(C)CC=C(c6ccc(C(=O)O)c(C(=O)O)c6)C(C)(C)[C@@H]5CC[C@]43C)[C@@H]12. The number of nitrogens with zero attached hydrogens (tertiary/aromatic N) is 1. The first kappa shape index (κ1) is 36.1. The molecule has 0 unspecified atom stereocenters. The maximum atomic E-state index is 14.3. The number of hydrogen-bond donors (Lipinski definition) is 2. The lowest BCUT2D eigenvalue weighted by Crippen LogP contribution is -2.65. The largest absolute Gasteiger partial charge is 0.478 e. The van der Waals surface area contributed by atoms with Crippen molar-refractivity contribution in [1.29, 1.82) is 0 Å². The summed E-state index contributed by atoms with van der Waals surface area (Å²) in [6.45, 7) is 20.1. The summed E-state index contributed by atoms with van der Waals surface area (Å²) in [5.74, 6) is 0.416. The molecule has 4 saturated carbocycles. The van der Waals surface area contributed by atoms with Gasteiger partial charge in [-0.25, -0.2) is 9.59 Å². The number of ketones is 1. The number of aromatic carboxylic acids is 2. The standard InChI is InChI=1S/C43H61NO5/c1-26(2)28-16-21-43(35(45)11-10-24-44(8)9)23-22-41(6)32(36(28)43)14-15-34-40(5)19-17-31(39(3,4)33(40)18-20-42(34,41)7)27-12-13-29(37(46)47)30(25-27)38(48)49/h12-13,17,25,28,32-34,36H,1,10-11,14-16,18-24H2,2-9H3,(H,46,47)(H,48,49)/t28-,32+,33-,34+,36+,40-,41+,42+,43+/m0/s1. The molecule has 1 aromatic carbocycles. The van der Waals surface area contributed by atoms with Crippen molar-refractivity contribution < 1.29 is 24.6 Å². The van der Waals surface area contributed by atoms with Crippen LogP contribution >= 0.6 is 0 Å². The Morgan fingerprint density at radius 1 is 0.857 bits per heavy atom. The van der Waals surface area contributed by atoms with Crippen molar-refractivity contribution in [2.75, 3.05) is 20.6 Å².